The van der Waals surface area contributed by atoms with E-state index in [4.69, 9.17) is 9.47 Å². The molecule has 0 aliphatic heterocycles. The molecule has 0 atom stereocenters. The van der Waals surface area contributed by atoms with Crippen LogP contribution in [0.25, 0.3) is 0 Å². The minimum Gasteiger partial charge on any atom is -0.461 e. The van der Waals surface area contributed by atoms with Crippen LogP contribution < -0.4 is 0 Å². The molecule has 1 heterocycles. The van der Waals surface area contributed by atoms with Crippen LogP contribution in [0.15, 0.2) is 18.2 Å². The fourth-order valence-electron chi connectivity index (χ4n) is 2.49. The number of H-pyrrole nitrogens is 1. The molecule has 0 bridgehead atoms. The average molecular weight is 365 g/mol. The first-order valence-corrected chi connectivity index (χ1v) is 7.77. The maximum absolute atomic E-state index is 13.2. The molecule has 0 amide bonds. The van der Waals surface area contributed by atoms with E-state index in [9.17, 15) is 23.2 Å². The molecule has 6 nitrogen and oxygen atoms in total. The molecule has 0 unspecified atom stereocenters. The van der Waals surface area contributed by atoms with E-state index < -0.39 is 36.0 Å². The largest absolute Gasteiger partial charge is 0.461 e. The predicted molar refractivity (Wildman–Crippen MR) is 87.2 cm³/mol. The Morgan fingerprint density at radius 1 is 1.04 bits per heavy atom. The molecule has 0 aliphatic carbocycles. The van der Waals surface area contributed by atoms with E-state index in [2.05, 4.69) is 4.98 Å². The smallest absolute Gasteiger partial charge is 0.355 e. The molecular formula is C18H17F2NO5. The van der Waals surface area contributed by atoms with E-state index in [-0.39, 0.29) is 23.4 Å². The lowest BCUT2D eigenvalue weighted by Crippen LogP contribution is -2.16. The van der Waals surface area contributed by atoms with Crippen LogP contribution in [0.4, 0.5) is 8.78 Å². The molecule has 1 N–H and O–H groups in total. The fourth-order valence-corrected chi connectivity index (χ4v) is 2.49. The first-order valence-electron chi connectivity index (χ1n) is 7.77. The van der Waals surface area contributed by atoms with Crippen molar-refractivity contribution in [2.24, 2.45) is 0 Å². The molecule has 2 aromatic rings. The second-order valence-corrected chi connectivity index (χ2v) is 5.47. The van der Waals surface area contributed by atoms with Gasteiger partial charge in [-0.05, 0) is 44.5 Å². The van der Waals surface area contributed by atoms with Crippen LogP contribution in [-0.2, 0) is 9.47 Å². The number of ketones is 1. The van der Waals surface area contributed by atoms with Crippen LogP contribution in [0.2, 0.25) is 0 Å². The predicted octanol–water partition coefficient (Wildman–Crippen LogP) is 3.13. The zero-order valence-corrected chi connectivity index (χ0v) is 14.4. The Morgan fingerprint density at radius 2 is 1.73 bits per heavy atom. The standard InChI is InChI=1S/C18H17F2NO5/c1-4-25-18(24)16-9(2)15(10(3)21-16)14(22)8-26-17(23)11-5-6-12(19)13(20)7-11/h5-7,21H,4,8H2,1-3H3. The van der Waals surface area contributed by atoms with E-state index >= 15 is 0 Å². The van der Waals surface area contributed by atoms with E-state index in [1.165, 1.54) is 0 Å². The Bertz CT molecular complexity index is 873. The number of aromatic amines is 1. The number of Topliss-reactive ketones (excluding diaryl/α,β-unsaturated/α-hetero) is 1. The van der Waals surface area contributed by atoms with Crippen molar-refractivity contribution in [3.05, 3.63) is 57.9 Å². The van der Waals surface area contributed by atoms with Crippen molar-refractivity contribution < 1.29 is 32.6 Å². The number of rotatable bonds is 6. The van der Waals surface area contributed by atoms with Gasteiger partial charge in [0.15, 0.2) is 18.2 Å². The number of carbonyl (C=O) groups excluding carboxylic acids is 3. The quantitative estimate of drug-likeness (QED) is 0.628. The Labute approximate surface area is 148 Å². The number of halogens is 2. The SMILES string of the molecule is CCOC(=O)c1[nH]c(C)c(C(=O)COC(=O)c2ccc(F)c(F)c2)c1C. The van der Waals surface area contributed by atoms with Crippen molar-refractivity contribution >= 4 is 17.7 Å². The van der Waals surface area contributed by atoms with Crippen LogP contribution in [0.3, 0.4) is 0 Å². The number of esters is 2. The van der Waals surface area contributed by atoms with Crippen molar-refractivity contribution in [2.45, 2.75) is 20.8 Å². The lowest BCUT2D eigenvalue weighted by molar-refractivity contribution is 0.0472. The Balaban J connectivity index is 2.11. The van der Waals surface area contributed by atoms with E-state index in [0.717, 1.165) is 12.1 Å². The number of aryl methyl sites for hydroxylation is 1. The first kappa shape index (κ1) is 19.3. The summed E-state index contributed by atoms with van der Waals surface area (Å²) in [5.74, 6) is -4.38. The van der Waals surface area contributed by atoms with Gasteiger partial charge in [-0.2, -0.15) is 0 Å². The number of benzene rings is 1. The molecular weight excluding hydrogens is 348 g/mol. The van der Waals surface area contributed by atoms with Gasteiger partial charge in [-0.3, -0.25) is 4.79 Å². The molecule has 0 radical (unpaired) electrons. The fraction of sp³-hybridized carbons (Fsp3) is 0.278. The second kappa shape index (κ2) is 7.90. The third-order valence-corrected chi connectivity index (χ3v) is 3.69. The molecule has 0 saturated heterocycles. The highest BCUT2D eigenvalue weighted by atomic mass is 19.2. The maximum atomic E-state index is 13.2. The summed E-state index contributed by atoms with van der Waals surface area (Å²) in [6.45, 7) is 4.40. The van der Waals surface area contributed by atoms with Crippen molar-refractivity contribution in [3.63, 3.8) is 0 Å². The molecule has 26 heavy (non-hydrogen) atoms. The average Bonchev–Trinajstić information content (AvgIpc) is 2.89. The van der Waals surface area contributed by atoms with Crippen molar-refractivity contribution in [1.82, 2.24) is 4.98 Å². The third kappa shape index (κ3) is 3.96. The van der Waals surface area contributed by atoms with Crippen LogP contribution in [-0.4, -0.2) is 35.9 Å². The Morgan fingerprint density at radius 3 is 2.35 bits per heavy atom. The van der Waals surface area contributed by atoms with Gasteiger partial charge in [-0.25, -0.2) is 18.4 Å². The highest BCUT2D eigenvalue weighted by molar-refractivity contribution is 6.04. The summed E-state index contributed by atoms with van der Waals surface area (Å²) < 4.78 is 35.8. The van der Waals surface area contributed by atoms with Gasteiger partial charge in [0, 0.05) is 11.3 Å². The Kier molecular flexibility index (Phi) is 5.86. The van der Waals surface area contributed by atoms with Crippen molar-refractivity contribution in [1.29, 1.82) is 0 Å². The molecule has 0 saturated carbocycles. The molecule has 0 spiro atoms. The van der Waals surface area contributed by atoms with E-state index in [0.29, 0.717) is 17.3 Å². The van der Waals surface area contributed by atoms with Crippen LogP contribution in [0, 0.1) is 25.5 Å². The summed E-state index contributed by atoms with van der Waals surface area (Å²) in [7, 11) is 0. The summed E-state index contributed by atoms with van der Waals surface area (Å²) in [5.41, 5.74) is 0.964. The van der Waals surface area contributed by atoms with Crippen LogP contribution >= 0.6 is 0 Å². The third-order valence-electron chi connectivity index (χ3n) is 3.69. The highest BCUT2D eigenvalue weighted by Crippen LogP contribution is 2.20. The minimum atomic E-state index is -1.19. The van der Waals surface area contributed by atoms with Gasteiger partial charge in [0.2, 0.25) is 5.78 Å². The molecule has 1 aromatic heterocycles. The maximum Gasteiger partial charge on any atom is 0.355 e. The van der Waals surface area contributed by atoms with Gasteiger partial charge >= 0.3 is 11.9 Å². The molecule has 138 valence electrons. The summed E-state index contributed by atoms with van der Waals surface area (Å²) in [5, 5.41) is 0. The normalized spacial score (nSPS) is 10.5. The lowest BCUT2D eigenvalue weighted by Gasteiger charge is -2.06. The number of ether oxygens (including phenoxy) is 2. The van der Waals surface area contributed by atoms with Gasteiger partial charge in [0.25, 0.3) is 0 Å². The number of nitrogens with one attached hydrogen (secondary N) is 1. The van der Waals surface area contributed by atoms with Gasteiger partial charge in [-0.15, -0.1) is 0 Å². The minimum absolute atomic E-state index is 0.152. The zero-order chi connectivity index (χ0) is 19.4. The van der Waals surface area contributed by atoms with Gasteiger partial charge in [-0.1, -0.05) is 0 Å². The molecule has 2 rings (SSSR count). The molecule has 0 aliphatic rings. The summed E-state index contributed by atoms with van der Waals surface area (Å²) in [6, 6.07) is 2.53. The lowest BCUT2D eigenvalue weighted by atomic mass is 10.1. The monoisotopic (exact) mass is 365 g/mol. The summed E-state index contributed by atoms with van der Waals surface area (Å²) >= 11 is 0. The highest BCUT2D eigenvalue weighted by Gasteiger charge is 2.23. The Hall–Kier alpha value is -3.03. The van der Waals surface area contributed by atoms with Crippen molar-refractivity contribution in [3.8, 4) is 0 Å². The number of hydrogen-bond acceptors (Lipinski definition) is 5. The summed E-state index contributed by atoms with van der Waals surface area (Å²) in [4.78, 5) is 38.9. The topological polar surface area (TPSA) is 85.5 Å². The zero-order valence-electron chi connectivity index (χ0n) is 14.4. The second-order valence-electron chi connectivity index (χ2n) is 5.47. The van der Waals surface area contributed by atoms with Gasteiger partial charge in [0.1, 0.15) is 5.69 Å². The van der Waals surface area contributed by atoms with Crippen molar-refractivity contribution in [2.75, 3.05) is 13.2 Å². The first-order chi connectivity index (χ1) is 12.3. The van der Waals surface area contributed by atoms with Crippen LogP contribution in [0.5, 0.6) is 0 Å². The van der Waals surface area contributed by atoms with E-state index in [1.54, 1.807) is 20.8 Å². The molecule has 1 aromatic carbocycles. The number of aromatic nitrogens is 1. The van der Waals surface area contributed by atoms with Gasteiger partial charge < -0.3 is 14.5 Å². The van der Waals surface area contributed by atoms with Gasteiger partial charge in [0.05, 0.1) is 12.2 Å². The summed E-state index contributed by atoms with van der Waals surface area (Å²) in [6.07, 6.45) is 0. The van der Waals surface area contributed by atoms with Crippen LogP contribution in [0.1, 0.15) is 49.4 Å². The number of carbonyl (C=O) groups is 3. The van der Waals surface area contributed by atoms with E-state index in [1.807, 2.05) is 0 Å². The molecule has 0 fully saturated rings. The number of hydrogen-bond donors (Lipinski definition) is 1. The molecule has 8 heteroatoms.